The monoisotopic (exact) mass is 456 g/mol. The molecule has 0 atom stereocenters. The zero-order valence-electron chi connectivity index (χ0n) is 18.8. The van der Waals surface area contributed by atoms with Crippen molar-refractivity contribution < 1.29 is 23.7 Å². The van der Waals surface area contributed by atoms with E-state index >= 15 is 0 Å². The lowest BCUT2D eigenvalue weighted by molar-refractivity contribution is 0.102. The molecule has 3 aromatic rings. The minimum absolute atomic E-state index is 0.311. The maximum atomic E-state index is 13.0. The molecule has 0 radical (unpaired) electrons. The van der Waals surface area contributed by atoms with E-state index in [1.165, 1.54) is 11.3 Å². The van der Waals surface area contributed by atoms with Crippen LogP contribution in [0.2, 0.25) is 0 Å². The first-order valence-electron chi connectivity index (χ1n) is 10.7. The highest BCUT2D eigenvalue weighted by molar-refractivity contribution is 7.14. The van der Waals surface area contributed by atoms with Crippen LogP contribution in [0.25, 0.3) is 11.3 Å². The van der Waals surface area contributed by atoms with Crippen molar-refractivity contribution in [2.75, 3.05) is 31.7 Å². The number of nitrogens with zero attached hydrogens (tertiary/aromatic N) is 1. The summed E-state index contributed by atoms with van der Waals surface area (Å²) in [7, 11) is 0. The molecule has 0 aliphatic heterocycles. The first-order chi connectivity index (χ1) is 15.6. The van der Waals surface area contributed by atoms with Gasteiger partial charge in [0.15, 0.2) is 16.6 Å². The summed E-state index contributed by atoms with van der Waals surface area (Å²) in [6.45, 7) is 9.46. The third-order valence-corrected chi connectivity index (χ3v) is 5.12. The van der Waals surface area contributed by atoms with Gasteiger partial charge in [0.25, 0.3) is 5.91 Å². The second-order valence-electron chi connectivity index (χ2n) is 6.52. The van der Waals surface area contributed by atoms with Crippen LogP contribution in [0.5, 0.6) is 23.0 Å². The molecule has 1 aromatic heterocycles. The van der Waals surface area contributed by atoms with Crippen molar-refractivity contribution in [2.24, 2.45) is 0 Å². The lowest BCUT2D eigenvalue weighted by Crippen LogP contribution is -2.13. The van der Waals surface area contributed by atoms with Gasteiger partial charge in [0.1, 0.15) is 5.75 Å². The molecule has 0 spiro atoms. The summed E-state index contributed by atoms with van der Waals surface area (Å²) in [4.78, 5) is 17.6. The number of para-hydroxylation sites is 1. The van der Waals surface area contributed by atoms with Crippen LogP contribution in [0.15, 0.2) is 41.8 Å². The number of benzene rings is 2. The second-order valence-corrected chi connectivity index (χ2v) is 7.38. The Morgan fingerprint density at radius 3 is 2.09 bits per heavy atom. The van der Waals surface area contributed by atoms with E-state index in [0.29, 0.717) is 54.4 Å². The van der Waals surface area contributed by atoms with E-state index in [-0.39, 0.29) is 5.91 Å². The van der Waals surface area contributed by atoms with Gasteiger partial charge in [-0.05, 0) is 52.0 Å². The summed E-state index contributed by atoms with van der Waals surface area (Å²) in [5.41, 5.74) is 2.02. The van der Waals surface area contributed by atoms with Crippen molar-refractivity contribution in [3.8, 4) is 34.3 Å². The van der Waals surface area contributed by atoms with Crippen LogP contribution in [0.4, 0.5) is 5.13 Å². The minimum atomic E-state index is -0.311. The summed E-state index contributed by atoms with van der Waals surface area (Å²) >= 11 is 1.35. The Morgan fingerprint density at radius 1 is 0.875 bits per heavy atom. The van der Waals surface area contributed by atoms with E-state index in [2.05, 4.69) is 10.3 Å². The Kier molecular flexibility index (Phi) is 8.33. The molecular weight excluding hydrogens is 428 g/mol. The second kappa shape index (κ2) is 11.4. The smallest absolute Gasteiger partial charge is 0.257 e. The van der Waals surface area contributed by atoms with Crippen molar-refractivity contribution >= 4 is 22.4 Å². The fourth-order valence-corrected chi connectivity index (χ4v) is 3.81. The fraction of sp³-hybridized carbons (Fsp3) is 0.333. The van der Waals surface area contributed by atoms with Gasteiger partial charge in [0, 0.05) is 16.5 Å². The molecule has 3 rings (SSSR count). The van der Waals surface area contributed by atoms with Crippen LogP contribution in [0, 0.1) is 0 Å². The molecule has 8 heteroatoms. The topological polar surface area (TPSA) is 78.9 Å². The summed E-state index contributed by atoms with van der Waals surface area (Å²) < 4.78 is 22.8. The van der Waals surface area contributed by atoms with Crippen LogP contribution < -0.4 is 24.3 Å². The molecule has 0 aliphatic carbocycles. The number of ether oxygens (including phenoxy) is 4. The number of rotatable bonds is 11. The predicted octanol–water partition coefficient (Wildman–Crippen LogP) is 5.66. The Bertz CT molecular complexity index is 1020. The largest absolute Gasteiger partial charge is 0.493 e. The van der Waals surface area contributed by atoms with Gasteiger partial charge in [-0.15, -0.1) is 11.3 Å². The van der Waals surface area contributed by atoms with Crippen molar-refractivity contribution in [1.82, 2.24) is 4.98 Å². The molecule has 32 heavy (non-hydrogen) atoms. The molecule has 2 aromatic carbocycles. The molecule has 1 N–H and O–H groups in total. The van der Waals surface area contributed by atoms with Crippen molar-refractivity contribution in [3.63, 3.8) is 0 Å². The number of anilines is 1. The molecule has 0 unspecified atom stereocenters. The van der Waals surface area contributed by atoms with Gasteiger partial charge in [-0.2, -0.15) is 0 Å². The lowest BCUT2D eigenvalue weighted by Gasteiger charge is -2.16. The Morgan fingerprint density at radius 2 is 1.47 bits per heavy atom. The zero-order chi connectivity index (χ0) is 22.9. The van der Waals surface area contributed by atoms with Crippen LogP contribution in [-0.2, 0) is 0 Å². The average Bonchev–Trinajstić information content (AvgIpc) is 3.25. The van der Waals surface area contributed by atoms with Crippen LogP contribution in [0.3, 0.4) is 0 Å². The van der Waals surface area contributed by atoms with E-state index in [0.717, 1.165) is 17.0 Å². The van der Waals surface area contributed by atoms with E-state index in [1.807, 2.05) is 57.3 Å². The van der Waals surface area contributed by atoms with Gasteiger partial charge in [0.05, 0.1) is 32.1 Å². The maximum Gasteiger partial charge on any atom is 0.257 e. The molecule has 0 aliphatic rings. The number of thiazole rings is 1. The normalized spacial score (nSPS) is 10.5. The summed E-state index contributed by atoms with van der Waals surface area (Å²) in [5, 5.41) is 5.24. The molecule has 170 valence electrons. The zero-order valence-corrected chi connectivity index (χ0v) is 19.6. The van der Waals surface area contributed by atoms with Gasteiger partial charge >= 0.3 is 0 Å². The fourth-order valence-electron chi connectivity index (χ4n) is 3.10. The number of carbonyl (C=O) groups is 1. The van der Waals surface area contributed by atoms with E-state index in [4.69, 9.17) is 18.9 Å². The van der Waals surface area contributed by atoms with Gasteiger partial charge in [-0.3, -0.25) is 10.1 Å². The van der Waals surface area contributed by atoms with E-state index in [1.54, 1.807) is 12.1 Å². The van der Waals surface area contributed by atoms with E-state index < -0.39 is 0 Å². The number of carbonyl (C=O) groups excluding carboxylic acids is 1. The number of nitrogens with one attached hydrogen (secondary N) is 1. The van der Waals surface area contributed by atoms with Crippen LogP contribution in [0.1, 0.15) is 38.1 Å². The summed E-state index contributed by atoms with van der Waals surface area (Å²) in [6.07, 6.45) is 0. The molecule has 1 amide bonds. The number of aromatic nitrogens is 1. The Balaban J connectivity index is 1.86. The summed E-state index contributed by atoms with van der Waals surface area (Å²) in [5.74, 6) is 1.88. The number of hydrogen-bond donors (Lipinski definition) is 1. The van der Waals surface area contributed by atoms with Gasteiger partial charge < -0.3 is 18.9 Å². The first kappa shape index (κ1) is 23.4. The first-order valence-corrected chi connectivity index (χ1v) is 11.5. The predicted molar refractivity (Wildman–Crippen MR) is 127 cm³/mol. The third kappa shape index (κ3) is 5.50. The third-order valence-electron chi connectivity index (χ3n) is 4.36. The van der Waals surface area contributed by atoms with Crippen LogP contribution in [-0.4, -0.2) is 37.3 Å². The van der Waals surface area contributed by atoms with Crippen molar-refractivity contribution in [3.05, 3.63) is 47.3 Å². The lowest BCUT2D eigenvalue weighted by atomic mass is 10.1. The summed E-state index contributed by atoms with van der Waals surface area (Å²) in [6, 6.07) is 11.0. The highest BCUT2D eigenvalue weighted by Gasteiger charge is 2.19. The molecule has 1 heterocycles. The molecule has 7 nitrogen and oxygen atoms in total. The SMILES string of the molecule is CCOc1ccccc1-c1csc(NC(=O)c2cc(OCC)c(OCC)c(OCC)c2)n1. The highest BCUT2D eigenvalue weighted by atomic mass is 32.1. The molecule has 0 saturated carbocycles. The maximum absolute atomic E-state index is 13.0. The van der Waals surface area contributed by atoms with Gasteiger partial charge in [-0.1, -0.05) is 12.1 Å². The average molecular weight is 457 g/mol. The quantitative estimate of drug-likeness (QED) is 0.401. The standard InChI is InChI=1S/C24H28N2O5S/c1-5-28-19-12-10-9-11-17(19)18-15-32-24(25-18)26-23(27)16-13-20(29-6-2)22(31-8-4)21(14-16)30-7-3/h9-15H,5-8H2,1-4H3,(H,25,26,27). The molecule has 0 saturated heterocycles. The Labute approximate surface area is 192 Å². The molecule has 0 fully saturated rings. The molecular formula is C24H28N2O5S. The van der Waals surface area contributed by atoms with Gasteiger partial charge in [0.2, 0.25) is 5.75 Å². The minimum Gasteiger partial charge on any atom is -0.493 e. The van der Waals surface area contributed by atoms with Crippen molar-refractivity contribution in [1.29, 1.82) is 0 Å². The van der Waals surface area contributed by atoms with E-state index in [9.17, 15) is 4.79 Å². The number of hydrogen-bond acceptors (Lipinski definition) is 7. The molecule has 0 bridgehead atoms. The Hall–Kier alpha value is -3.26. The van der Waals surface area contributed by atoms with Gasteiger partial charge in [-0.25, -0.2) is 4.98 Å². The van der Waals surface area contributed by atoms with Crippen molar-refractivity contribution in [2.45, 2.75) is 27.7 Å². The van der Waals surface area contributed by atoms with Crippen LogP contribution >= 0.6 is 11.3 Å². The highest BCUT2D eigenvalue weighted by Crippen LogP contribution is 2.39. The number of amides is 1.